The molecular formula is C25H24N4O5. The molecule has 34 heavy (non-hydrogen) atoms. The second-order valence-corrected chi connectivity index (χ2v) is 8.11. The zero-order valence-corrected chi connectivity index (χ0v) is 18.9. The smallest absolute Gasteiger partial charge is 0.303 e. The van der Waals surface area contributed by atoms with Crippen molar-refractivity contribution in [3.05, 3.63) is 53.1 Å². The Morgan fingerprint density at radius 3 is 2.85 bits per heavy atom. The average Bonchev–Trinajstić information content (AvgIpc) is 3.46. The van der Waals surface area contributed by atoms with Gasteiger partial charge in [-0.05, 0) is 56.9 Å². The summed E-state index contributed by atoms with van der Waals surface area (Å²) < 4.78 is 11.2. The highest BCUT2D eigenvalue weighted by Gasteiger charge is 2.24. The SMILES string of the molecule is CC(C)Oc1ccc(-c2nc(-c3cccc4c3CC/C4=N/OCCCC(=O)O)no2)cc1C#N. The van der Waals surface area contributed by atoms with Gasteiger partial charge in [-0.15, -0.1) is 0 Å². The Balaban J connectivity index is 1.55. The van der Waals surface area contributed by atoms with Crippen molar-refractivity contribution in [3.63, 3.8) is 0 Å². The van der Waals surface area contributed by atoms with Crippen molar-refractivity contribution in [3.8, 4) is 34.7 Å². The number of carboxylic acid groups (broad SMARTS) is 1. The Morgan fingerprint density at radius 2 is 2.09 bits per heavy atom. The fourth-order valence-electron chi connectivity index (χ4n) is 3.78. The lowest BCUT2D eigenvalue weighted by molar-refractivity contribution is -0.137. The zero-order chi connectivity index (χ0) is 24.1. The molecule has 0 aliphatic heterocycles. The molecule has 2 aromatic carbocycles. The molecule has 0 radical (unpaired) electrons. The van der Waals surface area contributed by atoms with Crippen LogP contribution in [0.5, 0.6) is 5.75 Å². The van der Waals surface area contributed by atoms with E-state index in [0.29, 0.717) is 41.4 Å². The molecule has 9 nitrogen and oxygen atoms in total. The van der Waals surface area contributed by atoms with Gasteiger partial charge in [0.25, 0.3) is 5.89 Å². The van der Waals surface area contributed by atoms with E-state index in [1.165, 1.54) is 0 Å². The highest BCUT2D eigenvalue weighted by atomic mass is 16.6. The second-order valence-electron chi connectivity index (χ2n) is 8.11. The van der Waals surface area contributed by atoms with E-state index in [1.54, 1.807) is 18.2 Å². The molecule has 0 bridgehead atoms. The summed E-state index contributed by atoms with van der Waals surface area (Å²) in [6, 6.07) is 13.2. The summed E-state index contributed by atoms with van der Waals surface area (Å²) in [5.41, 5.74) is 4.72. The van der Waals surface area contributed by atoms with Crippen LogP contribution in [0.15, 0.2) is 46.1 Å². The molecule has 0 amide bonds. The lowest BCUT2D eigenvalue weighted by Crippen LogP contribution is -2.06. The number of nitriles is 1. The molecule has 9 heteroatoms. The summed E-state index contributed by atoms with van der Waals surface area (Å²) in [6.45, 7) is 4.06. The van der Waals surface area contributed by atoms with E-state index >= 15 is 0 Å². The number of hydrogen-bond donors (Lipinski definition) is 1. The standard InChI is InChI=1S/C25H24N4O5/c1-15(2)33-22-11-8-16(13-17(22)14-26)25-27-24(29-34-25)20-6-3-5-19-18(20)9-10-21(19)28-32-12-4-7-23(30)31/h3,5-6,8,11,13,15H,4,7,9-10,12H2,1-2H3,(H,30,31)/b28-21-. The van der Waals surface area contributed by atoms with Crippen LogP contribution in [-0.2, 0) is 16.1 Å². The zero-order valence-electron chi connectivity index (χ0n) is 18.9. The minimum absolute atomic E-state index is 0.0447. The first-order valence-corrected chi connectivity index (χ1v) is 11.0. The summed E-state index contributed by atoms with van der Waals surface area (Å²) >= 11 is 0. The first kappa shape index (κ1) is 23.0. The Morgan fingerprint density at radius 1 is 1.26 bits per heavy atom. The lowest BCUT2D eigenvalue weighted by Gasteiger charge is -2.11. The Bertz CT molecular complexity index is 1270. The van der Waals surface area contributed by atoms with Crippen molar-refractivity contribution in [2.24, 2.45) is 5.16 Å². The normalized spacial score (nSPS) is 13.6. The second kappa shape index (κ2) is 10.2. The maximum atomic E-state index is 10.6. The van der Waals surface area contributed by atoms with Crippen molar-refractivity contribution < 1.29 is 24.0 Å². The fraction of sp³-hybridized carbons (Fsp3) is 0.320. The van der Waals surface area contributed by atoms with Gasteiger partial charge in [-0.2, -0.15) is 10.2 Å². The van der Waals surface area contributed by atoms with Gasteiger partial charge in [0.2, 0.25) is 5.82 Å². The van der Waals surface area contributed by atoms with Crippen LogP contribution in [0.25, 0.3) is 22.8 Å². The van der Waals surface area contributed by atoms with Gasteiger partial charge in [0, 0.05) is 23.1 Å². The molecule has 1 heterocycles. The molecule has 0 saturated carbocycles. The molecule has 1 aromatic heterocycles. The summed E-state index contributed by atoms with van der Waals surface area (Å²) in [4.78, 5) is 20.5. The monoisotopic (exact) mass is 460 g/mol. The van der Waals surface area contributed by atoms with Crippen LogP contribution in [-0.4, -0.2) is 39.6 Å². The number of oxime groups is 1. The fourth-order valence-corrected chi connectivity index (χ4v) is 3.78. The average molecular weight is 460 g/mol. The largest absolute Gasteiger partial charge is 0.490 e. The highest BCUT2D eigenvalue weighted by molar-refractivity contribution is 6.05. The number of fused-ring (bicyclic) bond motifs is 1. The first-order valence-electron chi connectivity index (χ1n) is 11.0. The summed E-state index contributed by atoms with van der Waals surface area (Å²) in [6.07, 6.45) is 1.88. The molecule has 0 saturated heterocycles. The molecule has 0 unspecified atom stereocenters. The van der Waals surface area contributed by atoms with Gasteiger partial charge < -0.3 is 19.2 Å². The van der Waals surface area contributed by atoms with Crippen LogP contribution >= 0.6 is 0 Å². The van der Waals surface area contributed by atoms with Crippen molar-refractivity contribution in [2.75, 3.05) is 6.61 Å². The minimum Gasteiger partial charge on any atom is -0.490 e. The molecule has 1 aliphatic carbocycles. The number of carbonyl (C=O) groups is 1. The summed E-state index contributed by atoms with van der Waals surface area (Å²) in [5, 5.41) is 26.6. The van der Waals surface area contributed by atoms with Crippen molar-refractivity contribution >= 4 is 11.7 Å². The molecule has 1 aliphatic rings. The molecule has 174 valence electrons. The van der Waals surface area contributed by atoms with E-state index in [2.05, 4.69) is 21.4 Å². The van der Waals surface area contributed by atoms with Crippen LogP contribution < -0.4 is 4.74 Å². The van der Waals surface area contributed by atoms with Gasteiger partial charge in [0.05, 0.1) is 17.4 Å². The number of ether oxygens (including phenoxy) is 1. The van der Waals surface area contributed by atoms with Crippen LogP contribution in [0, 0.1) is 11.3 Å². The number of aliphatic carboxylic acids is 1. The number of nitrogens with zero attached hydrogens (tertiary/aromatic N) is 4. The van der Waals surface area contributed by atoms with Crippen molar-refractivity contribution in [1.29, 1.82) is 5.26 Å². The van der Waals surface area contributed by atoms with Crippen LogP contribution in [0.4, 0.5) is 0 Å². The van der Waals surface area contributed by atoms with Crippen molar-refractivity contribution in [2.45, 2.75) is 45.6 Å². The van der Waals surface area contributed by atoms with Crippen LogP contribution in [0.2, 0.25) is 0 Å². The van der Waals surface area contributed by atoms with Gasteiger partial charge in [-0.1, -0.05) is 28.5 Å². The maximum absolute atomic E-state index is 10.6. The number of rotatable bonds is 9. The van der Waals surface area contributed by atoms with Gasteiger partial charge in [-0.25, -0.2) is 0 Å². The lowest BCUT2D eigenvalue weighted by atomic mass is 10.0. The van der Waals surface area contributed by atoms with Crippen LogP contribution in [0.3, 0.4) is 0 Å². The third kappa shape index (κ3) is 5.07. The van der Waals surface area contributed by atoms with E-state index in [-0.39, 0.29) is 19.1 Å². The number of aromatic nitrogens is 2. The Labute approximate surface area is 196 Å². The molecule has 4 rings (SSSR count). The Hall–Kier alpha value is -4.19. The number of carboxylic acids is 1. The highest BCUT2D eigenvalue weighted by Crippen LogP contribution is 2.33. The summed E-state index contributed by atoms with van der Waals surface area (Å²) in [5.74, 6) is 0.430. The third-order valence-corrected chi connectivity index (χ3v) is 5.28. The molecule has 3 aromatic rings. The maximum Gasteiger partial charge on any atom is 0.303 e. The number of hydrogen-bond acceptors (Lipinski definition) is 8. The van der Waals surface area contributed by atoms with Gasteiger partial charge in [0.15, 0.2) is 0 Å². The van der Waals surface area contributed by atoms with E-state index in [1.807, 2.05) is 32.0 Å². The molecule has 0 atom stereocenters. The van der Waals surface area contributed by atoms with E-state index in [4.69, 9.17) is 19.2 Å². The quantitative estimate of drug-likeness (QED) is 0.362. The topological polar surface area (TPSA) is 131 Å². The predicted octanol–water partition coefficient (Wildman–Crippen LogP) is 4.59. The molecule has 0 fully saturated rings. The van der Waals surface area contributed by atoms with E-state index in [0.717, 1.165) is 28.8 Å². The molecule has 1 N–H and O–H groups in total. The molecule has 0 spiro atoms. The summed E-state index contributed by atoms with van der Waals surface area (Å²) in [7, 11) is 0. The third-order valence-electron chi connectivity index (χ3n) is 5.28. The molecular weight excluding hydrogens is 436 g/mol. The van der Waals surface area contributed by atoms with Gasteiger partial charge in [0.1, 0.15) is 18.4 Å². The minimum atomic E-state index is -0.852. The van der Waals surface area contributed by atoms with Crippen molar-refractivity contribution in [1.82, 2.24) is 10.1 Å². The van der Waals surface area contributed by atoms with Gasteiger partial charge in [-0.3, -0.25) is 4.79 Å². The van der Waals surface area contributed by atoms with E-state index < -0.39 is 5.97 Å². The number of benzene rings is 2. The van der Waals surface area contributed by atoms with E-state index in [9.17, 15) is 10.1 Å². The predicted molar refractivity (Wildman–Crippen MR) is 123 cm³/mol. The van der Waals surface area contributed by atoms with Crippen LogP contribution in [0.1, 0.15) is 49.8 Å². The van der Waals surface area contributed by atoms with Gasteiger partial charge >= 0.3 is 5.97 Å². The first-order chi connectivity index (χ1) is 16.5. The Kier molecular flexibility index (Phi) is 6.87.